The van der Waals surface area contributed by atoms with Gasteiger partial charge in [0.15, 0.2) is 17.4 Å². The van der Waals surface area contributed by atoms with Crippen LogP contribution in [0, 0.1) is 15.2 Å². The predicted molar refractivity (Wildman–Crippen MR) is 76.9 cm³/mol. The van der Waals surface area contributed by atoms with Crippen molar-refractivity contribution in [3.8, 4) is 5.75 Å². The fourth-order valence-electron chi connectivity index (χ4n) is 1.01. The highest BCUT2D eigenvalue weighted by molar-refractivity contribution is 14.1. The second-order valence-electron chi connectivity index (χ2n) is 5.53. The van der Waals surface area contributed by atoms with E-state index in [1.54, 1.807) is 0 Å². The number of rotatable bonds is 2. The van der Waals surface area contributed by atoms with E-state index in [2.05, 4.69) is 0 Å². The third kappa shape index (κ3) is 3.18. The maximum absolute atomic E-state index is 13.8. The quantitative estimate of drug-likeness (QED) is 0.407. The molecule has 17 heavy (non-hydrogen) atoms. The number of benzene rings is 1. The Kier molecular flexibility index (Phi) is 4.23. The molecule has 1 nitrogen and oxygen atoms in total. The zero-order chi connectivity index (χ0) is 13.4. The zero-order valence-corrected chi connectivity index (χ0v) is 13.9. The van der Waals surface area contributed by atoms with Crippen LogP contribution in [0.3, 0.4) is 0 Å². The van der Waals surface area contributed by atoms with Crippen LogP contribution in [0.2, 0.25) is 18.1 Å². The molecule has 0 radical (unpaired) electrons. The maximum Gasteiger partial charge on any atom is 0.250 e. The van der Waals surface area contributed by atoms with Crippen LogP contribution in [0.1, 0.15) is 20.8 Å². The van der Waals surface area contributed by atoms with Gasteiger partial charge in [-0.1, -0.05) is 20.8 Å². The van der Waals surface area contributed by atoms with Crippen LogP contribution in [0.25, 0.3) is 0 Å². The molecule has 0 aromatic heterocycles. The lowest BCUT2D eigenvalue weighted by molar-refractivity contribution is 0.422. The summed E-state index contributed by atoms with van der Waals surface area (Å²) >= 11 is 1.83. The highest BCUT2D eigenvalue weighted by Gasteiger charge is 2.40. The van der Waals surface area contributed by atoms with Crippen LogP contribution < -0.4 is 4.43 Å². The summed E-state index contributed by atoms with van der Waals surface area (Å²) in [5.41, 5.74) is 0. The van der Waals surface area contributed by atoms with Gasteiger partial charge in [-0.15, -0.1) is 0 Å². The molecule has 5 heteroatoms. The second kappa shape index (κ2) is 4.83. The molecule has 0 aliphatic carbocycles. The molecule has 0 atom stereocenters. The van der Waals surface area contributed by atoms with Crippen molar-refractivity contribution < 1.29 is 13.2 Å². The highest BCUT2D eigenvalue weighted by atomic mass is 127. The minimum atomic E-state index is -2.21. The Hall–Kier alpha value is -0.173. The number of hydrogen-bond donors (Lipinski definition) is 0. The van der Waals surface area contributed by atoms with E-state index in [4.69, 9.17) is 4.43 Å². The first kappa shape index (κ1) is 14.9. The van der Waals surface area contributed by atoms with Crippen molar-refractivity contribution in [3.63, 3.8) is 0 Å². The monoisotopic (exact) mass is 370 g/mol. The van der Waals surface area contributed by atoms with Crippen molar-refractivity contribution in [3.05, 3.63) is 27.3 Å². The molecule has 0 aliphatic rings. The smallest absolute Gasteiger partial charge is 0.250 e. The van der Waals surface area contributed by atoms with Crippen LogP contribution in [-0.2, 0) is 0 Å². The van der Waals surface area contributed by atoms with Crippen molar-refractivity contribution in [2.24, 2.45) is 0 Å². The minimum absolute atomic E-state index is 0.0901. The summed E-state index contributed by atoms with van der Waals surface area (Å²) in [6, 6.07) is 2.65. The lowest BCUT2D eigenvalue weighted by Gasteiger charge is -2.36. The summed E-state index contributed by atoms with van der Waals surface area (Å²) in [6.45, 7) is 10.0. The van der Waals surface area contributed by atoms with E-state index in [0.29, 0.717) is 3.57 Å². The molecule has 1 rings (SSSR count). The van der Waals surface area contributed by atoms with E-state index in [1.165, 1.54) is 12.1 Å². The van der Waals surface area contributed by atoms with E-state index in [9.17, 15) is 8.78 Å². The molecular weight excluding hydrogens is 353 g/mol. The van der Waals surface area contributed by atoms with Crippen LogP contribution in [0.15, 0.2) is 12.1 Å². The van der Waals surface area contributed by atoms with Gasteiger partial charge in [-0.25, -0.2) is 8.78 Å². The largest absolute Gasteiger partial charge is 0.540 e. The maximum atomic E-state index is 13.8. The molecular formula is C12H17F2IOSi. The summed E-state index contributed by atoms with van der Waals surface area (Å²) in [5, 5.41) is -0.0901. The van der Waals surface area contributed by atoms with Crippen LogP contribution in [0.4, 0.5) is 8.78 Å². The van der Waals surface area contributed by atoms with Gasteiger partial charge in [0.2, 0.25) is 0 Å². The number of halogens is 3. The molecule has 0 saturated carbocycles. The average Bonchev–Trinajstić information content (AvgIpc) is 2.17. The van der Waals surface area contributed by atoms with Crippen molar-refractivity contribution in [1.82, 2.24) is 0 Å². The Labute approximate surface area is 116 Å². The molecule has 0 amide bonds. The minimum Gasteiger partial charge on any atom is -0.540 e. The molecule has 0 saturated heterocycles. The molecule has 0 spiro atoms. The van der Waals surface area contributed by atoms with E-state index in [1.807, 2.05) is 56.5 Å². The fourth-order valence-corrected chi connectivity index (χ4v) is 2.44. The molecule has 0 N–H and O–H groups in total. The highest BCUT2D eigenvalue weighted by Crippen LogP contribution is 2.39. The Morgan fingerprint density at radius 1 is 1.18 bits per heavy atom. The Bertz CT molecular complexity index is 427. The molecule has 0 bridgehead atoms. The molecule has 0 heterocycles. The zero-order valence-electron chi connectivity index (χ0n) is 10.7. The molecule has 0 unspecified atom stereocenters. The van der Waals surface area contributed by atoms with Gasteiger partial charge in [0.25, 0.3) is 8.32 Å². The van der Waals surface area contributed by atoms with Gasteiger partial charge in [0.1, 0.15) is 0 Å². The van der Waals surface area contributed by atoms with Crippen molar-refractivity contribution in [2.75, 3.05) is 0 Å². The Balaban J connectivity index is 3.16. The molecule has 96 valence electrons. The first-order chi connectivity index (χ1) is 7.56. The van der Waals surface area contributed by atoms with E-state index in [0.717, 1.165) is 0 Å². The first-order valence-electron chi connectivity index (χ1n) is 5.39. The molecule has 0 aliphatic heterocycles. The van der Waals surface area contributed by atoms with Crippen molar-refractivity contribution >= 4 is 30.9 Å². The Morgan fingerprint density at radius 2 is 1.71 bits per heavy atom. The standard InChI is InChI=1S/C12H17F2IOSi/c1-12(2,3)17(4,5)16-11-8(13)6-7-9(15)10(11)14/h6-7H,1-5H3. The van der Waals surface area contributed by atoms with Gasteiger partial charge in [0.05, 0.1) is 3.57 Å². The third-order valence-electron chi connectivity index (χ3n) is 3.17. The lowest BCUT2D eigenvalue weighted by Crippen LogP contribution is -2.44. The van der Waals surface area contributed by atoms with Crippen molar-refractivity contribution in [2.45, 2.75) is 38.9 Å². The van der Waals surface area contributed by atoms with Crippen LogP contribution in [-0.4, -0.2) is 8.32 Å². The van der Waals surface area contributed by atoms with Gasteiger partial charge in [-0.2, -0.15) is 0 Å². The van der Waals surface area contributed by atoms with Crippen LogP contribution >= 0.6 is 22.6 Å². The third-order valence-corrected chi connectivity index (χ3v) is 8.33. The van der Waals surface area contributed by atoms with E-state index in [-0.39, 0.29) is 10.8 Å². The first-order valence-corrected chi connectivity index (χ1v) is 9.37. The van der Waals surface area contributed by atoms with Gasteiger partial charge in [-0.3, -0.25) is 0 Å². The number of hydrogen-bond acceptors (Lipinski definition) is 1. The average molecular weight is 370 g/mol. The van der Waals surface area contributed by atoms with E-state index < -0.39 is 20.0 Å². The SMILES string of the molecule is CC(C)(C)[Si](C)(C)Oc1c(F)ccc(I)c1F. The molecule has 1 aromatic carbocycles. The van der Waals surface area contributed by atoms with Gasteiger partial charge >= 0.3 is 0 Å². The predicted octanol–water partition coefficient (Wildman–Crippen LogP) is 4.95. The van der Waals surface area contributed by atoms with Gasteiger partial charge in [0, 0.05) is 0 Å². The summed E-state index contributed by atoms with van der Waals surface area (Å²) < 4.78 is 33.5. The second-order valence-corrected chi connectivity index (χ2v) is 11.4. The van der Waals surface area contributed by atoms with Crippen LogP contribution in [0.5, 0.6) is 5.75 Å². The lowest BCUT2D eigenvalue weighted by atomic mass is 10.2. The summed E-state index contributed by atoms with van der Waals surface area (Å²) in [5.74, 6) is -1.47. The van der Waals surface area contributed by atoms with Gasteiger partial charge < -0.3 is 4.43 Å². The van der Waals surface area contributed by atoms with E-state index >= 15 is 0 Å². The summed E-state index contributed by atoms with van der Waals surface area (Å²) in [4.78, 5) is 0. The molecule has 1 aromatic rings. The van der Waals surface area contributed by atoms with Crippen molar-refractivity contribution in [1.29, 1.82) is 0 Å². The summed E-state index contributed by atoms with van der Waals surface area (Å²) in [6.07, 6.45) is 0. The molecule has 0 fully saturated rings. The Morgan fingerprint density at radius 3 is 2.18 bits per heavy atom. The normalized spacial score (nSPS) is 12.7. The fraction of sp³-hybridized carbons (Fsp3) is 0.500. The van der Waals surface area contributed by atoms with Gasteiger partial charge in [-0.05, 0) is 52.9 Å². The topological polar surface area (TPSA) is 9.23 Å². The summed E-state index contributed by atoms with van der Waals surface area (Å²) in [7, 11) is -2.21.